The van der Waals surface area contributed by atoms with Crippen molar-refractivity contribution < 1.29 is 9.53 Å². The van der Waals surface area contributed by atoms with Gasteiger partial charge >= 0.3 is 0 Å². The molecule has 100 valence electrons. The highest BCUT2D eigenvalue weighted by atomic mass is 127. The highest BCUT2D eigenvalue weighted by Gasteiger charge is 2.24. The van der Waals surface area contributed by atoms with Crippen LogP contribution in [0.2, 0.25) is 0 Å². The van der Waals surface area contributed by atoms with Crippen LogP contribution in [-0.4, -0.2) is 45.5 Å². The minimum Gasteiger partial charge on any atom is -0.378 e. The smallest absolute Gasteiger partial charge is 0.225 e. The molecule has 0 bridgehead atoms. The Bertz CT molecular complexity index is 248. The molecule has 4 heteroatoms. The summed E-state index contributed by atoms with van der Waals surface area (Å²) in [5, 5.41) is 0. The molecule has 17 heavy (non-hydrogen) atoms. The third kappa shape index (κ3) is 5.46. The van der Waals surface area contributed by atoms with Gasteiger partial charge in [0.1, 0.15) is 0 Å². The molecule has 0 unspecified atom stereocenters. The zero-order valence-electron chi connectivity index (χ0n) is 11.0. The number of halogens is 1. The summed E-state index contributed by atoms with van der Waals surface area (Å²) in [6, 6.07) is 0. The minimum absolute atomic E-state index is 0.119. The van der Waals surface area contributed by atoms with Gasteiger partial charge in [0.15, 0.2) is 0 Å². The molecule has 0 atom stereocenters. The molecular formula is C13H24INO2. The van der Waals surface area contributed by atoms with E-state index in [0.717, 1.165) is 39.0 Å². The average molecular weight is 353 g/mol. The quantitative estimate of drug-likeness (QED) is 0.417. The van der Waals surface area contributed by atoms with Crippen molar-refractivity contribution >= 4 is 31.2 Å². The van der Waals surface area contributed by atoms with E-state index >= 15 is 0 Å². The Morgan fingerprint density at radius 1 is 1.47 bits per heavy atom. The Kier molecular flexibility index (Phi) is 7.27. The van der Waals surface area contributed by atoms with E-state index in [0.29, 0.717) is 6.10 Å². The summed E-state index contributed by atoms with van der Waals surface area (Å²) < 4.78 is 11.0. The van der Waals surface area contributed by atoms with Crippen molar-refractivity contribution in [1.29, 1.82) is 0 Å². The second-order valence-corrected chi connectivity index (χ2v) is 6.94. The fraction of sp³-hybridized carbons (Fsp3) is 0.846. The first-order valence-corrected chi connectivity index (χ1v) is 9.43. The molecule has 1 aliphatic heterocycles. The number of rotatable bonds is 6. The van der Waals surface area contributed by atoms with Crippen molar-refractivity contribution in [3.8, 4) is 0 Å². The first-order chi connectivity index (χ1) is 8.15. The highest BCUT2D eigenvalue weighted by Crippen LogP contribution is 2.16. The Labute approximate surface area is 115 Å². The maximum Gasteiger partial charge on any atom is 0.225 e. The standard InChI is InChI=1S/C13H24INO2/c1-11(2)13(16)15-8-5-12(6-9-15)17-10-4-7-14-3/h11-12H,3-10H2,1-2H3. The van der Waals surface area contributed by atoms with Crippen LogP contribution in [0.4, 0.5) is 0 Å². The fourth-order valence-electron chi connectivity index (χ4n) is 2.01. The topological polar surface area (TPSA) is 29.5 Å². The van der Waals surface area contributed by atoms with Gasteiger partial charge in [-0.25, -0.2) is 0 Å². The van der Waals surface area contributed by atoms with E-state index in [4.69, 9.17) is 4.74 Å². The molecule has 0 aliphatic carbocycles. The first kappa shape index (κ1) is 15.1. The van der Waals surface area contributed by atoms with Crippen molar-refractivity contribution in [2.75, 3.05) is 24.1 Å². The van der Waals surface area contributed by atoms with Crippen LogP contribution >= 0.6 is 20.7 Å². The van der Waals surface area contributed by atoms with Crippen LogP contribution in [-0.2, 0) is 9.53 Å². The van der Waals surface area contributed by atoms with E-state index in [-0.39, 0.29) is 32.6 Å². The van der Waals surface area contributed by atoms with Crippen molar-refractivity contribution in [3.05, 3.63) is 0 Å². The zero-order valence-corrected chi connectivity index (χ0v) is 13.1. The number of alkyl halides is 1. The summed E-state index contributed by atoms with van der Waals surface area (Å²) in [6.07, 6.45) is 3.52. The van der Waals surface area contributed by atoms with Gasteiger partial charge < -0.3 is 9.64 Å². The molecule has 0 aromatic heterocycles. The number of hydrogen-bond acceptors (Lipinski definition) is 2. The van der Waals surface area contributed by atoms with Gasteiger partial charge in [-0.15, -0.1) is 20.7 Å². The summed E-state index contributed by atoms with van der Waals surface area (Å²) in [5.74, 6) is 0.402. The SMILES string of the molecule is C=ICCCOC1CCN(C(=O)C(C)C)CC1. The monoisotopic (exact) mass is 353 g/mol. The van der Waals surface area contributed by atoms with Crippen LogP contribution < -0.4 is 0 Å². The van der Waals surface area contributed by atoms with E-state index in [9.17, 15) is 4.79 Å². The number of nitrogens with zero attached hydrogens (tertiary/aromatic N) is 1. The van der Waals surface area contributed by atoms with Gasteiger partial charge in [-0.05, 0) is 23.7 Å². The molecule has 3 nitrogen and oxygen atoms in total. The molecule has 0 saturated carbocycles. The summed E-state index contributed by atoms with van der Waals surface area (Å²) in [7, 11) is 0. The molecule has 1 saturated heterocycles. The molecule has 0 radical (unpaired) electrons. The van der Waals surface area contributed by atoms with Gasteiger partial charge in [-0.3, -0.25) is 4.79 Å². The number of carbonyl (C=O) groups excluding carboxylic acids is 1. The van der Waals surface area contributed by atoms with Crippen LogP contribution in [0.1, 0.15) is 33.1 Å². The lowest BCUT2D eigenvalue weighted by Crippen LogP contribution is -2.42. The van der Waals surface area contributed by atoms with Crippen LogP contribution in [0.25, 0.3) is 0 Å². The van der Waals surface area contributed by atoms with E-state index in [2.05, 4.69) is 4.51 Å². The van der Waals surface area contributed by atoms with Crippen molar-refractivity contribution in [1.82, 2.24) is 4.90 Å². The largest absolute Gasteiger partial charge is 0.378 e. The normalized spacial score (nSPS) is 17.7. The maximum absolute atomic E-state index is 11.8. The van der Waals surface area contributed by atoms with E-state index < -0.39 is 0 Å². The second-order valence-electron chi connectivity index (χ2n) is 4.78. The predicted octanol–water partition coefficient (Wildman–Crippen LogP) is 2.44. The molecule has 1 fully saturated rings. The Morgan fingerprint density at radius 3 is 2.65 bits per heavy atom. The van der Waals surface area contributed by atoms with Crippen LogP contribution in [0.15, 0.2) is 0 Å². The van der Waals surface area contributed by atoms with Gasteiger partial charge in [0.2, 0.25) is 5.91 Å². The lowest BCUT2D eigenvalue weighted by molar-refractivity contribution is -0.137. The average Bonchev–Trinajstić information content (AvgIpc) is 2.34. The Hall–Kier alpha value is 0.0300. The lowest BCUT2D eigenvalue weighted by Gasteiger charge is -2.33. The van der Waals surface area contributed by atoms with Crippen molar-refractivity contribution in [2.24, 2.45) is 5.92 Å². The number of amides is 1. The number of carbonyl (C=O) groups is 1. The summed E-state index contributed by atoms with van der Waals surface area (Å²) in [5.41, 5.74) is 0. The number of piperidine rings is 1. The number of ether oxygens (including phenoxy) is 1. The van der Waals surface area contributed by atoms with E-state index in [1.165, 1.54) is 4.43 Å². The number of likely N-dealkylation sites (tertiary alicyclic amines) is 1. The van der Waals surface area contributed by atoms with Gasteiger partial charge in [0.25, 0.3) is 0 Å². The predicted molar refractivity (Wildman–Crippen MR) is 81.0 cm³/mol. The molecule has 1 heterocycles. The molecule has 1 amide bonds. The molecular weight excluding hydrogens is 329 g/mol. The molecule has 0 aromatic rings. The summed E-state index contributed by atoms with van der Waals surface area (Å²) in [4.78, 5) is 13.8. The van der Waals surface area contributed by atoms with Gasteiger partial charge in [-0.1, -0.05) is 18.4 Å². The number of hydrogen-bond donors (Lipinski definition) is 0. The van der Waals surface area contributed by atoms with Crippen molar-refractivity contribution in [2.45, 2.75) is 39.2 Å². The van der Waals surface area contributed by atoms with E-state index in [1.54, 1.807) is 0 Å². The first-order valence-electron chi connectivity index (χ1n) is 6.38. The third-order valence-corrected chi connectivity index (χ3v) is 4.54. The van der Waals surface area contributed by atoms with Crippen LogP contribution in [0.3, 0.4) is 0 Å². The molecule has 1 aliphatic rings. The third-order valence-electron chi connectivity index (χ3n) is 3.01. The molecule has 0 spiro atoms. The summed E-state index contributed by atoms with van der Waals surface area (Å²) in [6.45, 7) is 6.53. The lowest BCUT2D eigenvalue weighted by atomic mass is 10.1. The van der Waals surface area contributed by atoms with E-state index in [1.807, 2.05) is 18.7 Å². The van der Waals surface area contributed by atoms with Crippen LogP contribution in [0, 0.1) is 5.92 Å². The van der Waals surface area contributed by atoms with Gasteiger partial charge in [-0.2, -0.15) is 0 Å². The zero-order chi connectivity index (χ0) is 12.7. The second kappa shape index (κ2) is 8.19. The van der Waals surface area contributed by atoms with Crippen molar-refractivity contribution in [3.63, 3.8) is 0 Å². The Morgan fingerprint density at radius 2 is 2.12 bits per heavy atom. The summed E-state index contributed by atoms with van der Waals surface area (Å²) >= 11 is 0.170. The maximum atomic E-state index is 11.8. The van der Waals surface area contributed by atoms with Gasteiger partial charge in [0, 0.05) is 25.6 Å². The molecule has 0 N–H and O–H groups in total. The molecule has 0 aromatic carbocycles. The molecule has 1 rings (SSSR count). The van der Waals surface area contributed by atoms with Crippen LogP contribution in [0.5, 0.6) is 0 Å². The fourth-order valence-corrected chi connectivity index (χ4v) is 2.86. The minimum atomic E-state index is 0.119. The Balaban J connectivity index is 2.17. The van der Waals surface area contributed by atoms with Gasteiger partial charge in [0.05, 0.1) is 6.10 Å². The highest BCUT2D eigenvalue weighted by molar-refractivity contribution is 14.2.